The van der Waals surface area contributed by atoms with Crippen LogP contribution in [0.15, 0.2) is 54.6 Å². The predicted octanol–water partition coefficient (Wildman–Crippen LogP) is 2.33. The first-order valence-corrected chi connectivity index (χ1v) is 9.32. The predicted molar refractivity (Wildman–Crippen MR) is 108 cm³/mol. The lowest BCUT2D eigenvalue weighted by Gasteiger charge is -2.25. The maximum Gasteiger partial charge on any atom is 0.239 e. The largest absolute Gasteiger partial charge is 0.353 e. The van der Waals surface area contributed by atoms with Gasteiger partial charge in [0, 0.05) is 6.54 Å². The van der Waals surface area contributed by atoms with E-state index in [-0.39, 0.29) is 30.8 Å². The maximum atomic E-state index is 12.1. The second kappa shape index (κ2) is 10.5. The highest BCUT2D eigenvalue weighted by molar-refractivity contribution is 5.85. The molecule has 1 unspecified atom stereocenters. The molecular formula is C22H29N3O2. The first kappa shape index (κ1) is 20.6. The molecule has 27 heavy (non-hydrogen) atoms. The van der Waals surface area contributed by atoms with E-state index in [0.717, 1.165) is 17.5 Å². The van der Waals surface area contributed by atoms with Gasteiger partial charge in [0.25, 0.3) is 0 Å². The Hall–Kier alpha value is -2.66. The Bertz CT molecular complexity index is 727. The van der Waals surface area contributed by atoms with Crippen molar-refractivity contribution in [3.63, 3.8) is 0 Å². The molecule has 0 fully saturated rings. The molecule has 5 nitrogen and oxygen atoms in total. The van der Waals surface area contributed by atoms with Gasteiger partial charge in [-0.25, -0.2) is 0 Å². The van der Waals surface area contributed by atoms with Crippen LogP contribution in [0.25, 0.3) is 0 Å². The molecule has 0 aliphatic rings. The Labute approximate surface area is 161 Å². The van der Waals surface area contributed by atoms with Crippen molar-refractivity contribution in [2.45, 2.75) is 25.8 Å². The van der Waals surface area contributed by atoms with Crippen LogP contribution in [-0.2, 0) is 22.4 Å². The summed E-state index contributed by atoms with van der Waals surface area (Å²) in [5.74, 6) is -0.343. The summed E-state index contributed by atoms with van der Waals surface area (Å²) in [5, 5.41) is 5.59. The van der Waals surface area contributed by atoms with Crippen LogP contribution in [0.5, 0.6) is 0 Å². The van der Waals surface area contributed by atoms with E-state index in [2.05, 4.69) is 46.7 Å². The number of hydrogen-bond acceptors (Lipinski definition) is 3. The zero-order valence-electron chi connectivity index (χ0n) is 16.4. The fourth-order valence-corrected chi connectivity index (χ4v) is 2.87. The average Bonchev–Trinajstić information content (AvgIpc) is 2.67. The van der Waals surface area contributed by atoms with Crippen molar-refractivity contribution in [2.24, 2.45) is 0 Å². The van der Waals surface area contributed by atoms with Crippen LogP contribution in [0.2, 0.25) is 0 Å². The number of carbonyl (C=O) groups is 2. The van der Waals surface area contributed by atoms with Crippen molar-refractivity contribution in [1.29, 1.82) is 0 Å². The fraction of sp³-hybridized carbons (Fsp3) is 0.364. The molecule has 2 rings (SSSR count). The molecule has 0 heterocycles. The Morgan fingerprint density at radius 1 is 0.889 bits per heavy atom. The highest BCUT2D eigenvalue weighted by Gasteiger charge is 2.15. The zero-order valence-corrected chi connectivity index (χ0v) is 16.4. The highest BCUT2D eigenvalue weighted by Crippen LogP contribution is 2.18. The maximum absolute atomic E-state index is 12.1. The van der Waals surface area contributed by atoms with E-state index in [4.69, 9.17) is 0 Å². The number of benzene rings is 2. The van der Waals surface area contributed by atoms with Crippen molar-refractivity contribution in [3.8, 4) is 0 Å². The van der Waals surface area contributed by atoms with Gasteiger partial charge in [-0.15, -0.1) is 0 Å². The van der Waals surface area contributed by atoms with Crippen molar-refractivity contribution in [2.75, 3.05) is 27.2 Å². The number of aryl methyl sites for hydroxylation is 1. The minimum atomic E-state index is -0.187. The van der Waals surface area contributed by atoms with Gasteiger partial charge >= 0.3 is 0 Å². The summed E-state index contributed by atoms with van der Waals surface area (Å²) in [6.07, 6.45) is 1.28. The first-order chi connectivity index (χ1) is 13.0. The normalized spacial score (nSPS) is 11.9. The van der Waals surface area contributed by atoms with Gasteiger partial charge in [0.2, 0.25) is 11.8 Å². The van der Waals surface area contributed by atoms with Gasteiger partial charge < -0.3 is 15.5 Å². The molecule has 2 aromatic carbocycles. The van der Waals surface area contributed by atoms with Gasteiger partial charge in [-0.3, -0.25) is 9.59 Å². The van der Waals surface area contributed by atoms with Crippen LogP contribution in [0.1, 0.15) is 29.7 Å². The molecule has 1 atom stereocenters. The van der Waals surface area contributed by atoms with Gasteiger partial charge in [0.05, 0.1) is 19.0 Å². The van der Waals surface area contributed by atoms with Crippen molar-refractivity contribution >= 4 is 11.8 Å². The third-order valence-corrected chi connectivity index (χ3v) is 4.54. The summed E-state index contributed by atoms with van der Waals surface area (Å²) in [6, 6.07) is 18.0. The van der Waals surface area contributed by atoms with Gasteiger partial charge in [-0.2, -0.15) is 0 Å². The molecule has 2 N–H and O–H groups in total. The highest BCUT2D eigenvalue weighted by atomic mass is 16.2. The Morgan fingerprint density at radius 3 is 2.15 bits per heavy atom. The number of amides is 2. The molecule has 0 aromatic heterocycles. The van der Waals surface area contributed by atoms with Crippen LogP contribution >= 0.6 is 0 Å². The third kappa shape index (κ3) is 6.87. The molecule has 0 aliphatic heterocycles. The lowest BCUT2D eigenvalue weighted by atomic mass is 10.0. The fourth-order valence-electron chi connectivity index (χ4n) is 2.87. The summed E-state index contributed by atoms with van der Waals surface area (Å²) in [7, 11) is 3.98. The molecule has 0 bridgehead atoms. The minimum Gasteiger partial charge on any atom is -0.353 e. The topological polar surface area (TPSA) is 61.4 Å². The molecule has 144 valence electrons. The lowest BCUT2D eigenvalue weighted by molar-refractivity contribution is -0.125. The summed E-state index contributed by atoms with van der Waals surface area (Å²) in [4.78, 5) is 26.1. The van der Waals surface area contributed by atoms with Gasteiger partial charge in [0.15, 0.2) is 0 Å². The SMILES string of the molecule is CCc1ccc(C(CNC(=O)CNC(=O)Cc2ccccc2)N(C)C)cc1. The summed E-state index contributed by atoms with van der Waals surface area (Å²) < 4.78 is 0. The summed E-state index contributed by atoms with van der Waals surface area (Å²) in [6.45, 7) is 2.61. The number of hydrogen-bond donors (Lipinski definition) is 2. The number of nitrogens with one attached hydrogen (secondary N) is 2. The third-order valence-electron chi connectivity index (χ3n) is 4.54. The average molecular weight is 367 g/mol. The van der Waals surface area contributed by atoms with Gasteiger partial charge in [-0.1, -0.05) is 61.5 Å². The van der Waals surface area contributed by atoms with Crippen LogP contribution in [-0.4, -0.2) is 43.9 Å². The molecular weight excluding hydrogens is 338 g/mol. The Morgan fingerprint density at radius 2 is 1.56 bits per heavy atom. The molecule has 0 saturated heterocycles. The molecule has 0 spiro atoms. The molecule has 0 aliphatic carbocycles. The quantitative estimate of drug-likeness (QED) is 0.715. The number of nitrogens with zero attached hydrogens (tertiary/aromatic N) is 1. The Kier molecular flexibility index (Phi) is 8.01. The van der Waals surface area contributed by atoms with Crippen molar-refractivity contribution in [3.05, 3.63) is 71.3 Å². The van der Waals surface area contributed by atoms with Crippen LogP contribution in [0.3, 0.4) is 0 Å². The molecule has 2 amide bonds. The van der Waals surface area contributed by atoms with Crippen LogP contribution in [0, 0.1) is 0 Å². The van der Waals surface area contributed by atoms with E-state index < -0.39 is 0 Å². The van der Waals surface area contributed by atoms with E-state index in [1.165, 1.54) is 5.56 Å². The smallest absolute Gasteiger partial charge is 0.239 e. The lowest BCUT2D eigenvalue weighted by Crippen LogP contribution is -2.41. The second-order valence-electron chi connectivity index (χ2n) is 6.82. The monoisotopic (exact) mass is 367 g/mol. The second-order valence-corrected chi connectivity index (χ2v) is 6.82. The number of carbonyl (C=O) groups excluding carboxylic acids is 2. The van der Waals surface area contributed by atoms with E-state index in [1.54, 1.807) is 0 Å². The van der Waals surface area contributed by atoms with Crippen molar-refractivity contribution in [1.82, 2.24) is 15.5 Å². The van der Waals surface area contributed by atoms with Crippen LogP contribution in [0.4, 0.5) is 0 Å². The van der Waals surface area contributed by atoms with Crippen molar-refractivity contribution < 1.29 is 9.59 Å². The minimum absolute atomic E-state index is 0.0133. The number of rotatable bonds is 9. The number of likely N-dealkylation sites (N-methyl/N-ethyl adjacent to an activating group) is 1. The standard InChI is InChI=1S/C22H29N3O2/c1-4-17-10-12-19(13-11-17)20(25(2)3)15-23-22(27)16-24-21(26)14-18-8-6-5-7-9-18/h5-13,20H,4,14-16H2,1-3H3,(H,23,27)(H,24,26). The summed E-state index contributed by atoms with van der Waals surface area (Å²) >= 11 is 0. The first-order valence-electron chi connectivity index (χ1n) is 9.32. The van der Waals surface area contributed by atoms with Gasteiger partial charge in [-0.05, 0) is 37.2 Å². The molecule has 0 saturated carbocycles. The zero-order chi connectivity index (χ0) is 19.6. The van der Waals surface area contributed by atoms with E-state index in [1.807, 2.05) is 44.4 Å². The van der Waals surface area contributed by atoms with Gasteiger partial charge in [0.1, 0.15) is 0 Å². The molecule has 2 aromatic rings. The van der Waals surface area contributed by atoms with Crippen LogP contribution < -0.4 is 10.6 Å². The van der Waals surface area contributed by atoms with E-state index >= 15 is 0 Å². The molecule has 5 heteroatoms. The van der Waals surface area contributed by atoms with E-state index in [0.29, 0.717) is 6.54 Å². The summed E-state index contributed by atoms with van der Waals surface area (Å²) in [5.41, 5.74) is 3.38. The molecule has 0 radical (unpaired) electrons. The van der Waals surface area contributed by atoms with E-state index in [9.17, 15) is 9.59 Å². The Balaban J connectivity index is 1.80.